The molecule has 0 bridgehead atoms. The Morgan fingerprint density at radius 3 is 2.11 bits per heavy atom. The molecule has 0 amide bonds. The summed E-state index contributed by atoms with van der Waals surface area (Å²) in [6.07, 6.45) is 1.41. The van der Waals surface area contributed by atoms with Crippen molar-refractivity contribution in [2.75, 3.05) is 13.2 Å². The molecule has 0 fully saturated rings. The molecule has 0 saturated heterocycles. The van der Waals surface area contributed by atoms with E-state index in [2.05, 4.69) is 31.9 Å². The molecule has 0 aromatic carbocycles. The van der Waals surface area contributed by atoms with Gasteiger partial charge < -0.3 is 10.2 Å². The fourth-order valence-corrected chi connectivity index (χ4v) is 0.977. The zero-order chi connectivity index (χ0) is 7.33. The predicted molar refractivity (Wildman–Crippen MR) is 44.0 cm³/mol. The summed E-state index contributed by atoms with van der Waals surface area (Å²) in [5, 5.41) is 17.0. The van der Waals surface area contributed by atoms with Gasteiger partial charge in [0.2, 0.25) is 0 Å². The van der Waals surface area contributed by atoms with Gasteiger partial charge in [-0.3, -0.25) is 0 Å². The molecule has 0 unspecified atom stereocenters. The molecule has 0 atom stereocenters. The summed E-state index contributed by atoms with van der Waals surface area (Å²) in [5.74, 6) is 0. The maximum Gasteiger partial charge on any atom is 0.103 e. The summed E-state index contributed by atoms with van der Waals surface area (Å²) in [4.78, 5) is 0. The monoisotopic (exact) mass is 260 g/mol. The van der Waals surface area contributed by atoms with Gasteiger partial charge in [-0.25, -0.2) is 0 Å². The van der Waals surface area contributed by atoms with Crippen LogP contribution >= 0.6 is 31.9 Å². The molecule has 0 aromatic rings. The van der Waals surface area contributed by atoms with Crippen LogP contribution < -0.4 is 0 Å². The Morgan fingerprint density at radius 1 is 1.22 bits per heavy atom. The molecular weight excluding hydrogens is 252 g/mol. The lowest BCUT2D eigenvalue weighted by Crippen LogP contribution is -2.16. The predicted octanol–water partition coefficient (Wildman–Crippen LogP) is 1.24. The number of halogens is 2. The molecule has 4 heteroatoms. The smallest absolute Gasteiger partial charge is 0.103 e. The van der Waals surface area contributed by atoms with E-state index in [1.54, 1.807) is 0 Å². The highest BCUT2D eigenvalue weighted by Crippen LogP contribution is 2.30. The van der Waals surface area contributed by atoms with Crippen molar-refractivity contribution in [3.05, 3.63) is 0 Å². The third-order valence-corrected chi connectivity index (χ3v) is 2.23. The van der Waals surface area contributed by atoms with Crippen LogP contribution in [0.1, 0.15) is 12.8 Å². The summed E-state index contributed by atoms with van der Waals surface area (Å²) in [6.45, 7) is 0.200. The molecule has 9 heavy (non-hydrogen) atoms. The summed E-state index contributed by atoms with van der Waals surface area (Å²) in [7, 11) is 0. The van der Waals surface area contributed by atoms with Crippen LogP contribution in [0.2, 0.25) is 0 Å². The van der Waals surface area contributed by atoms with Crippen molar-refractivity contribution in [2.45, 2.75) is 16.1 Å². The van der Waals surface area contributed by atoms with Gasteiger partial charge >= 0.3 is 0 Å². The summed E-state index contributed by atoms with van der Waals surface area (Å²) < 4.78 is -0.386. The van der Waals surface area contributed by atoms with Crippen LogP contribution in [0.3, 0.4) is 0 Å². The van der Waals surface area contributed by atoms with Crippen molar-refractivity contribution >= 4 is 31.9 Å². The van der Waals surface area contributed by atoms with Crippen molar-refractivity contribution in [2.24, 2.45) is 0 Å². The number of hydrogen-bond acceptors (Lipinski definition) is 2. The van der Waals surface area contributed by atoms with Gasteiger partial charge in [-0.1, -0.05) is 31.9 Å². The first-order chi connectivity index (χ1) is 4.12. The van der Waals surface area contributed by atoms with Crippen molar-refractivity contribution in [1.29, 1.82) is 0 Å². The second-order valence-electron chi connectivity index (χ2n) is 1.84. The third-order valence-electron chi connectivity index (χ3n) is 0.932. The van der Waals surface area contributed by atoms with Crippen LogP contribution in [0.4, 0.5) is 0 Å². The standard InChI is InChI=1S/C5H10Br2O2/c6-5(7,4-9)2-1-3-8/h8-9H,1-4H2. The molecule has 0 aliphatic carbocycles. The molecule has 0 aromatic heterocycles. The van der Waals surface area contributed by atoms with Crippen LogP contribution in [-0.4, -0.2) is 26.7 Å². The van der Waals surface area contributed by atoms with Crippen LogP contribution in [0.5, 0.6) is 0 Å². The van der Waals surface area contributed by atoms with Crippen LogP contribution in [-0.2, 0) is 0 Å². The minimum atomic E-state index is -0.386. The fourth-order valence-electron chi connectivity index (χ4n) is 0.417. The molecule has 0 rings (SSSR count). The van der Waals surface area contributed by atoms with E-state index in [1.165, 1.54) is 0 Å². The molecule has 0 spiro atoms. The summed E-state index contributed by atoms with van der Waals surface area (Å²) in [5.41, 5.74) is 0. The second-order valence-corrected chi connectivity index (χ2v) is 5.94. The van der Waals surface area contributed by atoms with Gasteiger partial charge in [0.25, 0.3) is 0 Å². The van der Waals surface area contributed by atoms with Gasteiger partial charge in [-0.05, 0) is 12.8 Å². The van der Waals surface area contributed by atoms with E-state index >= 15 is 0 Å². The van der Waals surface area contributed by atoms with E-state index in [0.717, 1.165) is 6.42 Å². The minimum Gasteiger partial charge on any atom is -0.396 e. The molecule has 2 nitrogen and oxygen atoms in total. The molecule has 0 aliphatic heterocycles. The van der Waals surface area contributed by atoms with Crippen LogP contribution in [0, 0.1) is 0 Å². The molecule has 2 N–H and O–H groups in total. The molecular formula is C5H10Br2O2. The summed E-state index contributed by atoms with van der Waals surface area (Å²) in [6, 6.07) is 0. The van der Waals surface area contributed by atoms with E-state index in [0.29, 0.717) is 6.42 Å². The van der Waals surface area contributed by atoms with Gasteiger partial charge in [0.1, 0.15) is 3.23 Å². The summed E-state index contributed by atoms with van der Waals surface area (Å²) >= 11 is 6.48. The van der Waals surface area contributed by atoms with Gasteiger partial charge in [-0.2, -0.15) is 0 Å². The highest BCUT2D eigenvalue weighted by atomic mass is 79.9. The fraction of sp³-hybridized carbons (Fsp3) is 1.00. The lowest BCUT2D eigenvalue weighted by atomic mass is 10.2. The zero-order valence-electron chi connectivity index (χ0n) is 4.98. The van der Waals surface area contributed by atoms with E-state index in [-0.39, 0.29) is 16.4 Å². The minimum absolute atomic E-state index is 0.0347. The Hall–Kier alpha value is 0.880. The van der Waals surface area contributed by atoms with Crippen molar-refractivity contribution in [1.82, 2.24) is 0 Å². The van der Waals surface area contributed by atoms with Crippen molar-refractivity contribution in [3.8, 4) is 0 Å². The number of hydrogen-bond donors (Lipinski definition) is 2. The SMILES string of the molecule is OCCCC(Br)(Br)CO. The second kappa shape index (κ2) is 4.66. The molecule has 0 radical (unpaired) electrons. The van der Waals surface area contributed by atoms with Gasteiger partial charge in [0.15, 0.2) is 0 Å². The van der Waals surface area contributed by atoms with Crippen molar-refractivity contribution < 1.29 is 10.2 Å². The average molecular weight is 262 g/mol. The first-order valence-corrected chi connectivity index (χ1v) is 4.30. The topological polar surface area (TPSA) is 40.5 Å². The number of alkyl halides is 2. The maximum absolute atomic E-state index is 8.65. The lowest BCUT2D eigenvalue weighted by molar-refractivity contribution is 0.256. The van der Waals surface area contributed by atoms with Crippen LogP contribution in [0.15, 0.2) is 0 Å². The van der Waals surface area contributed by atoms with E-state index in [9.17, 15) is 0 Å². The Morgan fingerprint density at radius 2 is 1.78 bits per heavy atom. The van der Waals surface area contributed by atoms with Gasteiger partial charge in [-0.15, -0.1) is 0 Å². The normalized spacial score (nSPS) is 12.0. The number of rotatable bonds is 4. The van der Waals surface area contributed by atoms with Crippen molar-refractivity contribution in [3.63, 3.8) is 0 Å². The number of aliphatic hydroxyl groups excluding tert-OH is 2. The average Bonchev–Trinajstić information content (AvgIpc) is 1.84. The third kappa shape index (κ3) is 5.33. The Bertz CT molecular complexity index is 75.4. The van der Waals surface area contributed by atoms with Gasteiger partial charge in [0, 0.05) is 6.61 Å². The Balaban J connectivity index is 3.33. The Labute approximate surface area is 71.5 Å². The van der Waals surface area contributed by atoms with E-state index < -0.39 is 0 Å². The first-order valence-electron chi connectivity index (χ1n) is 2.72. The first kappa shape index (κ1) is 9.88. The highest BCUT2D eigenvalue weighted by molar-refractivity contribution is 9.25. The van der Waals surface area contributed by atoms with E-state index in [1.807, 2.05) is 0 Å². The molecule has 0 saturated carbocycles. The molecule has 56 valence electrons. The van der Waals surface area contributed by atoms with Gasteiger partial charge in [0.05, 0.1) is 6.61 Å². The number of aliphatic hydroxyl groups is 2. The maximum atomic E-state index is 8.65. The molecule has 0 aliphatic rings. The van der Waals surface area contributed by atoms with E-state index in [4.69, 9.17) is 10.2 Å². The Kier molecular flexibility index (Phi) is 5.11. The zero-order valence-corrected chi connectivity index (χ0v) is 8.15. The molecule has 0 heterocycles. The van der Waals surface area contributed by atoms with Crippen LogP contribution in [0.25, 0.3) is 0 Å². The quantitative estimate of drug-likeness (QED) is 0.748. The highest BCUT2D eigenvalue weighted by Gasteiger charge is 2.19. The largest absolute Gasteiger partial charge is 0.396 e. The lowest BCUT2D eigenvalue weighted by Gasteiger charge is -2.15.